The molecule has 3 amide bonds. The maximum atomic E-state index is 13.3. The van der Waals surface area contributed by atoms with E-state index in [2.05, 4.69) is 10.6 Å². The van der Waals surface area contributed by atoms with E-state index in [0.717, 1.165) is 12.8 Å². The molecule has 8 heteroatoms. The minimum Gasteiger partial charge on any atom is -0.444 e. The summed E-state index contributed by atoms with van der Waals surface area (Å²) in [5.74, 6) is 0.488. The lowest BCUT2D eigenvalue weighted by molar-refractivity contribution is -0.138. The monoisotopic (exact) mass is 453 g/mol. The van der Waals surface area contributed by atoms with Crippen molar-refractivity contribution >= 4 is 17.9 Å². The first-order valence-electron chi connectivity index (χ1n) is 12.3. The van der Waals surface area contributed by atoms with Crippen LogP contribution in [0.25, 0.3) is 0 Å². The largest absolute Gasteiger partial charge is 0.444 e. The molecule has 1 saturated carbocycles. The standard InChI is InChI=1S/C24H43N3O5/c1-17(12-13-25-23(31)32-24(2,3)4)14-22(30)27(16-18-8-6-5-7-9-18)19-10-11-21(29)26-15-20(19)28/h17-20,28H,5-16H2,1-4H3,(H,25,31)(H,26,29)/t17-,19?,20?/m0/s1. The third-order valence-electron chi connectivity index (χ3n) is 6.35. The molecule has 2 aliphatic rings. The number of ether oxygens (including phenoxy) is 1. The molecule has 8 nitrogen and oxygen atoms in total. The SMILES string of the molecule is C[C@@H](CCNC(=O)OC(C)(C)C)CC(=O)N(CC1CCCCC1)C1CCC(=O)NCC1O. The highest BCUT2D eigenvalue weighted by Gasteiger charge is 2.34. The molecule has 0 spiro atoms. The molecule has 0 radical (unpaired) electrons. The van der Waals surface area contributed by atoms with Gasteiger partial charge in [-0.2, -0.15) is 0 Å². The second-order valence-corrected chi connectivity index (χ2v) is 10.6. The molecular formula is C24H43N3O5. The van der Waals surface area contributed by atoms with Crippen LogP contribution in [0.2, 0.25) is 0 Å². The van der Waals surface area contributed by atoms with Gasteiger partial charge in [-0.1, -0.05) is 26.2 Å². The van der Waals surface area contributed by atoms with Crippen molar-refractivity contribution in [2.24, 2.45) is 11.8 Å². The lowest BCUT2D eigenvalue weighted by Crippen LogP contribution is -2.51. The van der Waals surface area contributed by atoms with Gasteiger partial charge in [-0.3, -0.25) is 9.59 Å². The average molecular weight is 454 g/mol. The van der Waals surface area contributed by atoms with Crippen LogP contribution in [0.3, 0.4) is 0 Å². The van der Waals surface area contributed by atoms with Crippen LogP contribution in [-0.4, -0.2) is 65.3 Å². The molecule has 3 N–H and O–H groups in total. The normalized spacial score (nSPS) is 23.6. The Kier molecular flexibility index (Phi) is 10.3. The number of nitrogens with one attached hydrogen (secondary N) is 2. The molecule has 2 unspecified atom stereocenters. The van der Waals surface area contributed by atoms with E-state index in [0.29, 0.717) is 44.7 Å². The zero-order valence-electron chi connectivity index (χ0n) is 20.3. The molecule has 1 heterocycles. The molecule has 3 atom stereocenters. The second kappa shape index (κ2) is 12.4. The zero-order valence-corrected chi connectivity index (χ0v) is 20.3. The summed E-state index contributed by atoms with van der Waals surface area (Å²) >= 11 is 0. The minimum absolute atomic E-state index is 0.0266. The molecule has 1 aliphatic carbocycles. The van der Waals surface area contributed by atoms with Gasteiger partial charge in [0.15, 0.2) is 0 Å². The predicted octanol–water partition coefficient (Wildman–Crippen LogP) is 2.98. The Balaban J connectivity index is 1.94. The molecule has 184 valence electrons. The molecule has 0 aromatic heterocycles. The minimum atomic E-state index is -0.752. The predicted molar refractivity (Wildman–Crippen MR) is 123 cm³/mol. The number of aliphatic hydroxyl groups is 1. The van der Waals surface area contributed by atoms with Crippen LogP contribution in [0.1, 0.15) is 85.5 Å². The first-order chi connectivity index (χ1) is 15.0. The van der Waals surface area contributed by atoms with Crippen LogP contribution in [0.4, 0.5) is 4.79 Å². The van der Waals surface area contributed by atoms with E-state index in [4.69, 9.17) is 4.74 Å². The quantitative estimate of drug-likeness (QED) is 0.524. The summed E-state index contributed by atoms with van der Waals surface area (Å²) in [7, 11) is 0. The topological polar surface area (TPSA) is 108 Å². The van der Waals surface area contributed by atoms with Crippen molar-refractivity contribution in [2.45, 2.75) is 103 Å². The highest BCUT2D eigenvalue weighted by atomic mass is 16.6. The smallest absolute Gasteiger partial charge is 0.407 e. The maximum absolute atomic E-state index is 13.3. The van der Waals surface area contributed by atoms with Gasteiger partial charge in [-0.25, -0.2) is 4.79 Å². The number of hydrogen-bond donors (Lipinski definition) is 3. The summed E-state index contributed by atoms with van der Waals surface area (Å²) in [4.78, 5) is 38.9. The Morgan fingerprint density at radius 3 is 2.56 bits per heavy atom. The van der Waals surface area contributed by atoms with Gasteiger partial charge in [0.2, 0.25) is 11.8 Å². The van der Waals surface area contributed by atoms with E-state index in [1.807, 2.05) is 32.6 Å². The van der Waals surface area contributed by atoms with Crippen LogP contribution >= 0.6 is 0 Å². The molecule has 0 aromatic rings. The van der Waals surface area contributed by atoms with Gasteiger partial charge in [-0.15, -0.1) is 0 Å². The van der Waals surface area contributed by atoms with E-state index >= 15 is 0 Å². The first kappa shape index (κ1) is 26.4. The third kappa shape index (κ3) is 9.35. The van der Waals surface area contributed by atoms with Crippen molar-refractivity contribution in [3.05, 3.63) is 0 Å². The molecule has 0 bridgehead atoms. The summed E-state index contributed by atoms with van der Waals surface area (Å²) in [6.45, 7) is 8.74. The maximum Gasteiger partial charge on any atom is 0.407 e. The summed E-state index contributed by atoms with van der Waals surface area (Å²) in [6.07, 6.45) is 6.47. The third-order valence-corrected chi connectivity index (χ3v) is 6.35. The summed E-state index contributed by atoms with van der Waals surface area (Å²) in [6, 6.07) is -0.338. The van der Waals surface area contributed by atoms with E-state index in [1.54, 1.807) is 0 Å². The number of nitrogens with zero attached hydrogens (tertiary/aromatic N) is 1. The van der Waals surface area contributed by atoms with Gasteiger partial charge in [0, 0.05) is 32.5 Å². The van der Waals surface area contributed by atoms with E-state index in [9.17, 15) is 19.5 Å². The number of amides is 3. The molecule has 1 saturated heterocycles. The number of carbonyl (C=O) groups is 3. The number of rotatable bonds is 8. The second-order valence-electron chi connectivity index (χ2n) is 10.6. The lowest BCUT2D eigenvalue weighted by Gasteiger charge is -2.38. The number of aliphatic hydroxyl groups excluding tert-OH is 1. The molecular weight excluding hydrogens is 410 g/mol. The summed E-state index contributed by atoms with van der Waals surface area (Å²) in [5.41, 5.74) is -0.541. The molecule has 2 rings (SSSR count). The van der Waals surface area contributed by atoms with Gasteiger partial charge >= 0.3 is 6.09 Å². The van der Waals surface area contributed by atoms with E-state index < -0.39 is 17.8 Å². The van der Waals surface area contributed by atoms with Gasteiger partial charge in [-0.05, 0) is 58.3 Å². The fraction of sp³-hybridized carbons (Fsp3) is 0.875. The molecule has 0 aromatic carbocycles. The van der Waals surface area contributed by atoms with Gasteiger partial charge < -0.3 is 25.4 Å². The summed E-state index contributed by atoms with van der Waals surface area (Å²) in [5, 5.41) is 16.2. The van der Waals surface area contributed by atoms with Crippen molar-refractivity contribution in [3.8, 4) is 0 Å². The Labute approximate surface area is 192 Å². The van der Waals surface area contributed by atoms with Crippen LogP contribution in [0, 0.1) is 11.8 Å². The van der Waals surface area contributed by atoms with Gasteiger partial charge in [0.05, 0.1) is 12.1 Å². The van der Waals surface area contributed by atoms with Crippen molar-refractivity contribution in [2.75, 3.05) is 19.6 Å². The fourth-order valence-corrected chi connectivity index (χ4v) is 4.60. The molecule has 2 fully saturated rings. The highest BCUT2D eigenvalue weighted by molar-refractivity contribution is 5.78. The van der Waals surface area contributed by atoms with Crippen molar-refractivity contribution in [1.82, 2.24) is 15.5 Å². The van der Waals surface area contributed by atoms with Crippen LogP contribution in [0.5, 0.6) is 0 Å². The zero-order chi connectivity index (χ0) is 23.7. The first-order valence-corrected chi connectivity index (χ1v) is 12.3. The van der Waals surface area contributed by atoms with Gasteiger partial charge in [0.25, 0.3) is 0 Å². The Morgan fingerprint density at radius 1 is 1.22 bits per heavy atom. The van der Waals surface area contributed by atoms with E-state index in [1.165, 1.54) is 19.3 Å². The number of hydrogen-bond acceptors (Lipinski definition) is 5. The van der Waals surface area contributed by atoms with Crippen molar-refractivity contribution < 1.29 is 24.2 Å². The van der Waals surface area contributed by atoms with Crippen molar-refractivity contribution in [3.63, 3.8) is 0 Å². The number of alkyl carbamates (subject to hydrolysis) is 1. The number of β-amino-alcohol motifs (C(OH)–C–C–N with tert-alkyl or cyclic N) is 1. The van der Waals surface area contributed by atoms with Crippen LogP contribution in [0.15, 0.2) is 0 Å². The molecule has 32 heavy (non-hydrogen) atoms. The highest BCUT2D eigenvalue weighted by Crippen LogP contribution is 2.27. The van der Waals surface area contributed by atoms with Crippen molar-refractivity contribution in [1.29, 1.82) is 0 Å². The fourth-order valence-electron chi connectivity index (χ4n) is 4.60. The number of carbonyl (C=O) groups excluding carboxylic acids is 3. The van der Waals surface area contributed by atoms with E-state index in [-0.39, 0.29) is 30.3 Å². The molecule has 1 aliphatic heterocycles. The Hall–Kier alpha value is -1.83. The average Bonchev–Trinajstić information content (AvgIpc) is 2.86. The Morgan fingerprint density at radius 2 is 1.91 bits per heavy atom. The van der Waals surface area contributed by atoms with Crippen LogP contribution in [-0.2, 0) is 14.3 Å². The van der Waals surface area contributed by atoms with Crippen LogP contribution < -0.4 is 10.6 Å². The Bertz CT molecular complexity index is 628. The lowest BCUT2D eigenvalue weighted by atomic mass is 9.88. The summed E-state index contributed by atoms with van der Waals surface area (Å²) < 4.78 is 5.25. The van der Waals surface area contributed by atoms with Gasteiger partial charge in [0.1, 0.15) is 5.60 Å².